The number of carbonyl (C=O) groups is 1. The first-order valence-electron chi connectivity index (χ1n) is 7.78. The number of oxazole rings is 1. The average Bonchev–Trinajstić information content (AvgIpc) is 3.06. The largest absolute Gasteiger partial charge is 0.436 e. The van der Waals surface area contributed by atoms with Gasteiger partial charge in [0.2, 0.25) is 5.89 Å². The van der Waals surface area contributed by atoms with Crippen LogP contribution in [0.15, 0.2) is 65.2 Å². The Bertz CT molecular complexity index is 1090. The van der Waals surface area contributed by atoms with E-state index in [-0.39, 0.29) is 11.7 Å². The molecule has 0 atom stereocenters. The van der Waals surface area contributed by atoms with Gasteiger partial charge in [-0.25, -0.2) is 14.4 Å². The van der Waals surface area contributed by atoms with Gasteiger partial charge in [-0.2, -0.15) is 0 Å². The molecule has 128 valence electrons. The van der Waals surface area contributed by atoms with Crippen molar-refractivity contribution in [3.63, 3.8) is 0 Å². The number of nitrogens with zero attached hydrogens (tertiary/aromatic N) is 2. The summed E-state index contributed by atoms with van der Waals surface area (Å²) in [6.07, 6.45) is 1.41. The molecule has 7 heteroatoms. The summed E-state index contributed by atoms with van der Waals surface area (Å²) in [5, 5.41) is 2.77. The minimum absolute atomic E-state index is 0.310. The van der Waals surface area contributed by atoms with Crippen molar-refractivity contribution >= 4 is 28.5 Å². The fourth-order valence-corrected chi connectivity index (χ4v) is 2.46. The van der Waals surface area contributed by atoms with Crippen LogP contribution in [0, 0.1) is 5.82 Å². The number of benzene rings is 2. The van der Waals surface area contributed by atoms with Crippen molar-refractivity contribution < 1.29 is 13.6 Å². The van der Waals surface area contributed by atoms with Crippen LogP contribution in [-0.4, -0.2) is 15.9 Å². The number of halogens is 1. The Morgan fingerprint density at radius 3 is 2.62 bits per heavy atom. The molecule has 2 aromatic heterocycles. The van der Waals surface area contributed by atoms with Crippen LogP contribution in [0.25, 0.3) is 22.6 Å². The maximum Gasteiger partial charge on any atom is 0.257 e. The molecule has 3 N–H and O–H groups in total. The summed E-state index contributed by atoms with van der Waals surface area (Å²) in [6, 6.07) is 14.2. The van der Waals surface area contributed by atoms with Gasteiger partial charge in [-0.3, -0.25) is 4.79 Å². The van der Waals surface area contributed by atoms with E-state index in [4.69, 9.17) is 10.2 Å². The topological polar surface area (TPSA) is 94.0 Å². The van der Waals surface area contributed by atoms with Gasteiger partial charge in [-0.05, 0) is 48.5 Å². The Morgan fingerprint density at radius 1 is 1.08 bits per heavy atom. The molecule has 0 saturated carbocycles. The molecule has 26 heavy (non-hydrogen) atoms. The second kappa shape index (κ2) is 6.29. The van der Waals surface area contributed by atoms with Gasteiger partial charge in [0.05, 0.1) is 5.56 Å². The van der Waals surface area contributed by atoms with E-state index in [0.717, 1.165) is 0 Å². The zero-order chi connectivity index (χ0) is 18.1. The summed E-state index contributed by atoms with van der Waals surface area (Å²) in [5.74, 6) is 0.0892. The highest BCUT2D eigenvalue weighted by atomic mass is 19.1. The Balaban J connectivity index is 1.60. The maximum absolute atomic E-state index is 13.0. The van der Waals surface area contributed by atoms with E-state index >= 15 is 0 Å². The van der Waals surface area contributed by atoms with Crippen LogP contribution in [0.3, 0.4) is 0 Å². The molecule has 1 amide bonds. The van der Waals surface area contributed by atoms with E-state index in [1.807, 2.05) is 0 Å². The van der Waals surface area contributed by atoms with Gasteiger partial charge in [0.1, 0.15) is 17.2 Å². The monoisotopic (exact) mass is 348 g/mol. The van der Waals surface area contributed by atoms with Crippen molar-refractivity contribution in [3.8, 4) is 11.5 Å². The summed E-state index contributed by atoms with van der Waals surface area (Å²) in [5.41, 5.74) is 8.28. The molecule has 4 aromatic rings. The molecule has 0 spiro atoms. The van der Waals surface area contributed by atoms with Gasteiger partial charge in [0, 0.05) is 23.5 Å². The molecule has 0 bridgehead atoms. The summed E-state index contributed by atoms with van der Waals surface area (Å²) in [7, 11) is 0. The summed E-state index contributed by atoms with van der Waals surface area (Å²) in [6.45, 7) is 0. The molecule has 0 radical (unpaired) electrons. The van der Waals surface area contributed by atoms with E-state index < -0.39 is 0 Å². The number of rotatable bonds is 3. The highest BCUT2D eigenvalue weighted by Gasteiger charge is 2.11. The first-order valence-corrected chi connectivity index (χ1v) is 7.78. The lowest BCUT2D eigenvalue weighted by Crippen LogP contribution is -2.12. The SMILES string of the molecule is Nc1ccc(C(=O)Nc2ccc3nc(-c4ccc(F)cc4)oc3c2)cn1. The van der Waals surface area contributed by atoms with E-state index in [9.17, 15) is 9.18 Å². The van der Waals surface area contributed by atoms with E-state index in [1.54, 1.807) is 42.5 Å². The fraction of sp³-hybridized carbons (Fsp3) is 0. The van der Waals surface area contributed by atoms with Crippen LogP contribution in [0.2, 0.25) is 0 Å². The molecule has 0 fully saturated rings. The molecule has 0 aliphatic rings. The number of hydrogen-bond acceptors (Lipinski definition) is 5. The van der Waals surface area contributed by atoms with Crippen molar-refractivity contribution in [1.29, 1.82) is 0 Å². The van der Waals surface area contributed by atoms with Crippen molar-refractivity contribution in [2.24, 2.45) is 0 Å². The molecule has 2 aromatic carbocycles. The number of carbonyl (C=O) groups excluding carboxylic acids is 1. The quantitative estimate of drug-likeness (QED) is 0.586. The van der Waals surface area contributed by atoms with Gasteiger partial charge >= 0.3 is 0 Å². The number of nitrogens with two attached hydrogens (primary N) is 1. The lowest BCUT2D eigenvalue weighted by atomic mass is 10.2. The predicted octanol–water partition coefficient (Wildman–Crippen LogP) is 3.86. The molecule has 4 rings (SSSR count). The molecule has 6 nitrogen and oxygen atoms in total. The molecular weight excluding hydrogens is 335 g/mol. The van der Waals surface area contributed by atoms with Crippen LogP contribution < -0.4 is 11.1 Å². The zero-order valence-electron chi connectivity index (χ0n) is 13.4. The minimum atomic E-state index is -0.327. The van der Waals surface area contributed by atoms with Gasteiger partial charge in [0.25, 0.3) is 5.91 Å². The normalized spacial score (nSPS) is 10.8. The van der Waals surface area contributed by atoms with Crippen LogP contribution in [0.5, 0.6) is 0 Å². The van der Waals surface area contributed by atoms with Crippen LogP contribution >= 0.6 is 0 Å². The first kappa shape index (κ1) is 15.8. The molecule has 0 aliphatic heterocycles. The number of amides is 1. The third-order valence-electron chi connectivity index (χ3n) is 3.79. The summed E-state index contributed by atoms with van der Waals surface area (Å²) >= 11 is 0. The lowest BCUT2D eigenvalue weighted by Gasteiger charge is -2.04. The number of nitrogens with one attached hydrogen (secondary N) is 1. The number of hydrogen-bond donors (Lipinski definition) is 2. The third kappa shape index (κ3) is 3.10. The van der Waals surface area contributed by atoms with Crippen LogP contribution in [-0.2, 0) is 0 Å². The van der Waals surface area contributed by atoms with Crippen molar-refractivity contribution in [2.75, 3.05) is 11.1 Å². The van der Waals surface area contributed by atoms with Crippen LogP contribution in [0.1, 0.15) is 10.4 Å². The second-order valence-electron chi connectivity index (χ2n) is 5.63. The number of nitrogen functional groups attached to an aromatic ring is 1. The van der Waals surface area contributed by atoms with E-state index in [0.29, 0.717) is 39.6 Å². The Kier molecular flexibility index (Phi) is 3.81. The Labute approximate surface area is 147 Å². The number of anilines is 2. The second-order valence-corrected chi connectivity index (χ2v) is 5.63. The van der Waals surface area contributed by atoms with Gasteiger partial charge in [-0.15, -0.1) is 0 Å². The maximum atomic E-state index is 13.0. The number of fused-ring (bicyclic) bond motifs is 1. The molecule has 0 unspecified atom stereocenters. The standard InChI is InChI=1S/C19H13FN4O2/c20-13-4-1-11(2-5-13)19-24-15-7-6-14(9-16(15)26-19)23-18(25)12-3-8-17(21)22-10-12/h1-10H,(H2,21,22)(H,23,25). The Hall–Kier alpha value is -3.74. The van der Waals surface area contributed by atoms with Crippen molar-refractivity contribution in [3.05, 3.63) is 72.2 Å². The number of aromatic nitrogens is 2. The molecular formula is C19H13FN4O2. The molecule has 0 saturated heterocycles. The third-order valence-corrected chi connectivity index (χ3v) is 3.79. The first-order chi connectivity index (χ1) is 12.6. The Morgan fingerprint density at radius 2 is 1.88 bits per heavy atom. The zero-order valence-corrected chi connectivity index (χ0v) is 13.4. The number of pyridine rings is 1. The average molecular weight is 348 g/mol. The highest BCUT2D eigenvalue weighted by Crippen LogP contribution is 2.26. The highest BCUT2D eigenvalue weighted by molar-refractivity contribution is 6.04. The van der Waals surface area contributed by atoms with E-state index in [2.05, 4.69) is 15.3 Å². The molecule has 2 heterocycles. The van der Waals surface area contributed by atoms with Crippen molar-refractivity contribution in [2.45, 2.75) is 0 Å². The molecule has 0 aliphatic carbocycles. The predicted molar refractivity (Wildman–Crippen MR) is 96.0 cm³/mol. The lowest BCUT2D eigenvalue weighted by molar-refractivity contribution is 0.102. The van der Waals surface area contributed by atoms with Gasteiger partial charge in [0.15, 0.2) is 5.58 Å². The van der Waals surface area contributed by atoms with E-state index in [1.165, 1.54) is 18.3 Å². The minimum Gasteiger partial charge on any atom is -0.436 e. The van der Waals surface area contributed by atoms with Crippen molar-refractivity contribution in [1.82, 2.24) is 9.97 Å². The smallest absolute Gasteiger partial charge is 0.257 e. The summed E-state index contributed by atoms with van der Waals surface area (Å²) < 4.78 is 18.8. The fourth-order valence-electron chi connectivity index (χ4n) is 2.46. The van der Waals surface area contributed by atoms with Gasteiger partial charge < -0.3 is 15.5 Å². The van der Waals surface area contributed by atoms with Gasteiger partial charge in [-0.1, -0.05) is 0 Å². The summed E-state index contributed by atoms with van der Waals surface area (Å²) in [4.78, 5) is 20.5. The van der Waals surface area contributed by atoms with Crippen LogP contribution in [0.4, 0.5) is 15.9 Å².